The molecule has 1 saturated heterocycles. The van der Waals surface area contributed by atoms with Gasteiger partial charge < -0.3 is 14.2 Å². The molecule has 1 aromatic carbocycles. The van der Waals surface area contributed by atoms with Gasteiger partial charge >= 0.3 is 0 Å². The number of aromatic nitrogens is 3. The van der Waals surface area contributed by atoms with Crippen molar-refractivity contribution in [1.82, 2.24) is 24.6 Å². The molecular formula is C20H26FN5O2. The lowest BCUT2D eigenvalue weighted by molar-refractivity contribution is -0.133. The highest BCUT2D eigenvalue weighted by atomic mass is 19.1. The van der Waals surface area contributed by atoms with Gasteiger partial charge in [-0.1, -0.05) is 6.42 Å². The number of carbonyl (C=O) groups is 1. The molecule has 150 valence electrons. The van der Waals surface area contributed by atoms with Crippen molar-refractivity contribution >= 4 is 5.91 Å². The second-order valence-corrected chi connectivity index (χ2v) is 7.49. The number of hydrogen-bond acceptors (Lipinski definition) is 5. The quantitative estimate of drug-likeness (QED) is 0.803. The summed E-state index contributed by atoms with van der Waals surface area (Å²) in [5, 5.41) is 8.88. The number of rotatable bonds is 4. The summed E-state index contributed by atoms with van der Waals surface area (Å²) in [5.41, 5.74) is 0. The highest BCUT2D eigenvalue weighted by molar-refractivity contribution is 5.77. The molecule has 0 spiro atoms. The predicted molar refractivity (Wildman–Crippen MR) is 101 cm³/mol. The number of amides is 1. The summed E-state index contributed by atoms with van der Waals surface area (Å²) >= 11 is 0. The number of benzene rings is 1. The van der Waals surface area contributed by atoms with Crippen molar-refractivity contribution in [3.8, 4) is 5.75 Å². The fourth-order valence-corrected chi connectivity index (χ4v) is 4.01. The van der Waals surface area contributed by atoms with E-state index in [-0.39, 0.29) is 18.3 Å². The number of fused-ring (bicyclic) bond motifs is 1. The lowest BCUT2D eigenvalue weighted by atomic mass is 10.0. The summed E-state index contributed by atoms with van der Waals surface area (Å²) < 4.78 is 20.7. The lowest BCUT2D eigenvalue weighted by Gasteiger charge is -2.31. The topological polar surface area (TPSA) is 63.5 Å². The summed E-state index contributed by atoms with van der Waals surface area (Å²) in [7, 11) is 2.14. The minimum absolute atomic E-state index is 0.0512. The zero-order valence-electron chi connectivity index (χ0n) is 16.2. The van der Waals surface area contributed by atoms with Crippen LogP contribution >= 0.6 is 0 Å². The summed E-state index contributed by atoms with van der Waals surface area (Å²) in [6.07, 6.45) is 4.22. The van der Waals surface area contributed by atoms with E-state index in [0.717, 1.165) is 24.6 Å². The van der Waals surface area contributed by atoms with E-state index in [0.29, 0.717) is 37.8 Å². The molecule has 2 aromatic rings. The Balaban J connectivity index is 1.37. The van der Waals surface area contributed by atoms with Gasteiger partial charge in [-0.15, -0.1) is 10.2 Å². The Bertz CT molecular complexity index is 823. The molecule has 2 aliphatic rings. The molecule has 0 unspecified atom stereocenters. The van der Waals surface area contributed by atoms with Crippen LogP contribution in [0.25, 0.3) is 0 Å². The Labute approximate surface area is 164 Å². The number of piperidine rings is 1. The third-order valence-corrected chi connectivity index (χ3v) is 5.65. The van der Waals surface area contributed by atoms with Crippen molar-refractivity contribution in [2.75, 3.05) is 33.3 Å². The molecule has 0 N–H and O–H groups in total. The van der Waals surface area contributed by atoms with Crippen LogP contribution in [0.1, 0.15) is 37.0 Å². The van der Waals surface area contributed by atoms with E-state index in [2.05, 4.69) is 26.7 Å². The van der Waals surface area contributed by atoms with E-state index < -0.39 is 0 Å². The van der Waals surface area contributed by atoms with E-state index >= 15 is 0 Å². The van der Waals surface area contributed by atoms with Crippen LogP contribution in [-0.4, -0.2) is 63.8 Å². The maximum absolute atomic E-state index is 13.0. The first kappa shape index (κ1) is 18.9. The fraction of sp³-hybridized carbons (Fsp3) is 0.550. The molecule has 2 aliphatic heterocycles. The van der Waals surface area contributed by atoms with Crippen LogP contribution in [0.5, 0.6) is 5.75 Å². The molecule has 1 fully saturated rings. The number of likely N-dealkylation sites (tertiary alicyclic amines) is 1. The average Bonchev–Trinajstić information content (AvgIpc) is 2.98. The van der Waals surface area contributed by atoms with Gasteiger partial charge in [0, 0.05) is 26.1 Å². The van der Waals surface area contributed by atoms with Gasteiger partial charge in [0.05, 0.1) is 6.04 Å². The Morgan fingerprint density at radius 3 is 2.75 bits per heavy atom. The summed E-state index contributed by atoms with van der Waals surface area (Å²) in [6, 6.07) is 6.00. The Morgan fingerprint density at radius 1 is 1.14 bits per heavy atom. The first-order chi connectivity index (χ1) is 13.6. The molecule has 4 rings (SSSR count). The molecule has 28 heavy (non-hydrogen) atoms. The van der Waals surface area contributed by atoms with Gasteiger partial charge in [-0.25, -0.2) is 4.39 Å². The van der Waals surface area contributed by atoms with Crippen LogP contribution in [0.2, 0.25) is 0 Å². The first-order valence-corrected chi connectivity index (χ1v) is 9.90. The smallest absolute Gasteiger partial charge is 0.260 e. The van der Waals surface area contributed by atoms with E-state index in [4.69, 9.17) is 4.74 Å². The standard InChI is InChI=1S/C20H26FN5O2/c1-24-10-3-2-4-17(24)20-23-22-18-9-11-25(12-13-26(18)20)19(27)14-28-16-7-5-15(21)6-8-16/h5-8,17H,2-4,9-14H2,1H3/t17-/m1/s1. The van der Waals surface area contributed by atoms with Crippen LogP contribution in [0.3, 0.4) is 0 Å². The third kappa shape index (κ3) is 4.01. The van der Waals surface area contributed by atoms with Crippen LogP contribution in [0.4, 0.5) is 4.39 Å². The van der Waals surface area contributed by atoms with Gasteiger partial charge in [0.25, 0.3) is 5.91 Å². The fourth-order valence-electron chi connectivity index (χ4n) is 4.01. The molecule has 0 saturated carbocycles. The van der Waals surface area contributed by atoms with Crippen molar-refractivity contribution in [3.05, 3.63) is 41.7 Å². The van der Waals surface area contributed by atoms with Crippen LogP contribution in [0, 0.1) is 5.82 Å². The number of ether oxygens (including phenoxy) is 1. The Kier molecular flexibility index (Phi) is 5.57. The van der Waals surface area contributed by atoms with Gasteiger partial charge in [-0.3, -0.25) is 9.69 Å². The highest BCUT2D eigenvalue weighted by Gasteiger charge is 2.29. The van der Waals surface area contributed by atoms with Crippen molar-refractivity contribution in [2.45, 2.75) is 38.3 Å². The highest BCUT2D eigenvalue weighted by Crippen LogP contribution is 2.29. The molecule has 8 heteroatoms. The average molecular weight is 387 g/mol. The summed E-state index contributed by atoms with van der Waals surface area (Å²) in [6.45, 7) is 2.94. The maximum atomic E-state index is 13.0. The zero-order chi connectivity index (χ0) is 19.5. The van der Waals surface area contributed by atoms with Crippen LogP contribution < -0.4 is 4.74 Å². The van der Waals surface area contributed by atoms with Crippen molar-refractivity contribution in [3.63, 3.8) is 0 Å². The second kappa shape index (κ2) is 8.26. The van der Waals surface area contributed by atoms with Gasteiger partial charge in [-0.05, 0) is 50.7 Å². The number of hydrogen-bond donors (Lipinski definition) is 0. The van der Waals surface area contributed by atoms with Gasteiger partial charge in [-0.2, -0.15) is 0 Å². The van der Waals surface area contributed by atoms with E-state index in [1.54, 1.807) is 0 Å². The monoisotopic (exact) mass is 387 g/mol. The largest absolute Gasteiger partial charge is 0.484 e. The second-order valence-electron chi connectivity index (χ2n) is 7.49. The predicted octanol–water partition coefficient (Wildman–Crippen LogP) is 2.04. The lowest BCUT2D eigenvalue weighted by Crippen LogP contribution is -2.37. The third-order valence-electron chi connectivity index (χ3n) is 5.65. The summed E-state index contributed by atoms with van der Waals surface area (Å²) in [5.74, 6) is 2.06. The number of nitrogens with zero attached hydrogens (tertiary/aromatic N) is 5. The molecule has 7 nitrogen and oxygen atoms in total. The molecule has 1 atom stereocenters. The zero-order valence-corrected chi connectivity index (χ0v) is 16.2. The Hall–Kier alpha value is -2.48. The molecule has 1 aromatic heterocycles. The van der Waals surface area contributed by atoms with Crippen LogP contribution in [-0.2, 0) is 17.8 Å². The van der Waals surface area contributed by atoms with Gasteiger partial charge in [0.15, 0.2) is 6.61 Å². The van der Waals surface area contributed by atoms with E-state index in [1.807, 2.05) is 4.90 Å². The van der Waals surface area contributed by atoms with Crippen LogP contribution in [0.15, 0.2) is 24.3 Å². The Morgan fingerprint density at radius 2 is 1.96 bits per heavy atom. The minimum Gasteiger partial charge on any atom is -0.484 e. The minimum atomic E-state index is -0.325. The normalized spacial score (nSPS) is 20.5. The molecule has 0 radical (unpaired) electrons. The molecule has 3 heterocycles. The maximum Gasteiger partial charge on any atom is 0.260 e. The number of halogens is 1. The van der Waals surface area contributed by atoms with Gasteiger partial charge in [0.2, 0.25) is 0 Å². The molecular weight excluding hydrogens is 361 g/mol. The molecule has 0 aliphatic carbocycles. The van der Waals surface area contributed by atoms with E-state index in [1.165, 1.54) is 37.1 Å². The van der Waals surface area contributed by atoms with Crippen molar-refractivity contribution in [2.24, 2.45) is 0 Å². The van der Waals surface area contributed by atoms with Crippen molar-refractivity contribution in [1.29, 1.82) is 0 Å². The van der Waals surface area contributed by atoms with Crippen molar-refractivity contribution < 1.29 is 13.9 Å². The number of carbonyl (C=O) groups excluding carboxylic acids is 1. The molecule has 1 amide bonds. The van der Waals surface area contributed by atoms with E-state index in [9.17, 15) is 9.18 Å². The summed E-state index contributed by atoms with van der Waals surface area (Å²) in [4.78, 5) is 16.7. The first-order valence-electron chi connectivity index (χ1n) is 9.90. The molecule has 0 bridgehead atoms. The SMILES string of the molecule is CN1CCCC[C@@H]1c1nnc2n1CCN(C(=O)COc1ccc(F)cc1)CC2. The van der Waals surface area contributed by atoms with Gasteiger partial charge in [0.1, 0.15) is 23.2 Å².